The van der Waals surface area contributed by atoms with Gasteiger partial charge >= 0.3 is 0 Å². The summed E-state index contributed by atoms with van der Waals surface area (Å²) in [6.45, 7) is 0.638. The van der Waals surface area contributed by atoms with Crippen LogP contribution in [0.1, 0.15) is 5.69 Å². The molecule has 0 saturated heterocycles. The second-order valence-electron chi connectivity index (χ2n) is 2.93. The minimum atomic E-state index is 0.638. The van der Waals surface area contributed by atoms with Crippen LogP contribution >= 0.6 is 0 Å². The van der Waals surface area contributed by atoms with Gasteiger partial charge in [-0.2, -0.15) is 10.2 Å². The van der Waals surface area contributed by atoms with Crippen LogP contribution in [0.4, 0.5) is 5.95 Å². The van der Waals surface area contributed by atoms with E-state index >= 15 is 0 Å². The lowest BCUT2D eigenvalue weighted by molar-refractivity contribution is 0.872. The number of imidazole rings is 1. The van der Waals surface area contributed by atoms with E-state index in [4.69, 9.17) is 0 Å². The van der Waals surface area contributed by atoms with Gasteiger partial charge in [-0.05, 0) is 12.1 Å². The van der Waals surface area contributed by atoms with E-state index in [9.17, 15) is 0 Å². The van der Waals surface area contributed by atoms with Gasteiger partial charge in [-0.3, -0.25) is 0 Å². The highest BCUT2D eigenvalue weighted by molar-refractivity contribution is 5.26. The highest BCUT2D eigenvalue weighted by atomic mass is 15.2. The summed E-state index contributed by atoms with van der Waals surface area (Å²) in [6.07, 6.45) is 5.29. The summed E-state index contributed by atoms with van der Waals surface area (Å²) >= 11 is 0. The van der Waals surface area contributed by atoms with Crippen LogP contribution in [0.2, 0.25) is 0 Å². The summed E-state index contributed by atoms with van der Waals surface area (Å²) in [7, 11) is 1.94. The maximum atomic E-state index is 4.13. The molecule has 0 fully saturated rings. The zero-order valence-corrected chi connectivity index (χ0v) is 7.88. The van der Waals surface area contributed by atoms with Crippen molar-refractivity contribution in [2.24, 2.45) is 7.05 Å². The number of anilines is 1. The largest absolute Gasteiger partial charge is 0.350 e. The third-order valence-corrected chi connectivity index (χ3v) is 1.88. The van der Waals surface area contributed by atoms with E-state index in [1.807, 2.05) is 29.9 Å². The van der Waals surface area contributed by atoms with Crippen molar-refractivity contribution in [3.8, 4) is 0 Å². The summed E-state index contributed by atoms with van der Waals surface area (Å²) in [4.78, 5) is 4.13. The van der Waals surface area contributed by atoms with Gasteiger partial charge in [0.1, 0.15) is 0 Å². The number of aromatic nitrogens is 4. The second-order valence-corrected chi connectivity index (χ2v) is 2.93. The number of hydrogen-bond acceptors (Lipinski definition) is 4. The Morgan fingerprint density at radius 1 is 1.43 bits per heavy atom. The molecule has 0 bridgehead atoms. The van der Waals surface area contributed by atoms with E-state index in [1.54, 1.807) is 12.4 Å². The Hall–Kier alpha value is -1.91. The molecule has 2 heterocycles. The molecule has 14 heavy (non-hydrogen) atoms. The monoisotopic (exact) mass is 189 g/mol. The Morgan fingerprint density at radius 2 is 2.36 bits per heavy atom. The summed E-state index contributed by atoms with van der Waals surface area (Å²) in [5.74, 6) is 0.829. The number of rotatable bonds is 3. The van der Waals surface area contributed by atoms with Crippen molar-refractivity contribution in [2.45, 2.75) is 6.54 Å². The molecular formula is C9H11N5. The average Bonchev–Trinajstić information content (AvgIpc) is 2.63. The third-order valence-electron chi connectivity index (χ3n) is 1.88. The maximum Gasteiger partial charge on any atom is 0.202 e. The van der Waals surface area contributed by atoms with E-state index in [0.717, 1.165) is 11.6 Å². The number of nitrogens with zero attached hydrogens (tertiary/aromatic N) is 4. The van der Waals surface area contributed by atoms with Crippen LogP contribution in [-0.4, -0.2) is 19.7 Å². The first-order chi connectivity index (χ1) is 6.86. The summed E-state index contributed by atoms with van der Waals surface area (Å²) in [6, 6.07) is 3.78. The highest BCUT2D eigenvalue weighted by Gasteiger charge is 1.98. The SMILES string of the molecule is Cn1ccnc1NCc1cccnn1. The van der Waals surface area contributed by atoms with Crippen LogP contribution < -0.4 is 5.32 Å². The van der Waals surface area contributed by atoms with Gasteiger partial charge in [-0.25, -0.2) is 4.98 Å². The molecule has 5 heteroatoms. The lowest BCUT2D eigenvalue weighted by Crippen LogP contribution is -2.06. The van der Waals surface area contributed by atoms with Gasteiger partial charge in [0.05, 0.1) is 12.2 Å². The van der Waals surface area contributed by atoms with Gasteiger partial charge in [0.15, 0.2) is 0 Å². The molecule has 2 rings (SSSR count). The fourth-order valence-electron chi connectivity index (χ4n) is 1.13. The smallest absolute Gasteiger partial charge is 0.202 e. The molecule has 0 aliphatic heterocycles. The predicted molar refractivity (Wildman–Crippen MR) is 52.6 cm³/mol. The lowest BCUT2D eigenvalue weighted by Gasteiger charge is -2.03. The van der Waals surface area contributed by atoms with Crippen molar-refractivity contribution < 1.29 is 0 Å². The van der Waals surface area contributed by atoms with Crippen LogP contribution in [0.3, 0.4) is 0 Å². The standard InChI is InChI=1S/C9H11N5/c1-14-6-5-10-9(14)11-7-8-3-2-4-12-13-8/h2-6H,7H2,1H3,(H,10,11). The first-order valence-electron chi connectivity index (χ1n) is 4.34. The minimum Gasteiger partial charge on any atom is -0.350 e. The van der Waals surface area contributed by atoms with Crippen LogP contribution in [-0.2, 0) is 13.6 Å². The second kappa shape index (κ2) is 3.87. The Labute approximate surface area is 81.8 Å². The van der Waals surface area contributed by atoms with E-state index in [0.29, 0.717) is 6.54 Å². The molecule has 0 aliphatic carbocycles. The van der Waals surface area contributed by atoms with E-state index in [-0.39, 0.29) is 0 Å². The fraction of sp³-hybridized carbons (Fsp3) is 0.222. The third kappa shape index (κ3) is 1.87. The topological polar surface area (TPSA) is 55.6 Å². The first-order valence-corrected chi connectivity index (χ1v) is 4.34. The van der Waals surface area contributed by atoms with Gasteiger partial charge in [-0.1, -0.05) is 0 Å². The number of nitrogens with one attached hydrogen (secondary N) is 1. The number of aryl methyl sites for hydroxylation is 1. The molecule has 0 aliphatic rings. The Kier molecular flexibility index (Phi) is 2.40. The molecule has 0 aromatic carbocycles. The van der Waals surface area contributed by atoms with Crippen molar-refractivity contribution in [3.05, 3.63) is 36.4 Å². The Balaban J connectivity index is 1.99. The first kappa shape index (κ1) is 8.68. The molecule has 0 radical (unpaired) electrons. The van der Waals surface area contributed by atoms with E-state index in [2.05, 4.69) is 20.5 Å². The fourth-order valence-corrected chi connectivity index (χ4v) is 1.13. The zero-order valence-electron chi connectivity index (χ0n) is 7.88. The minimum absolute atomic E-state index is 0.638. The Bertz CT molecular complexity index is 395. The van der Waals surface area contributed by atoms with Gasteiger partial charge in [0.25, 0.3) is 0 Å². The molecule has 0 saturated carbocycles. The van der Waals surface area contributed by atoms with Crippen molar-refractivity contribution in [1.82, 2.24) is 19.7 Å². The normalized spacial score (nSPS) is 10.1. The molecule has 0 atom stereocenters. The van der Waals surface area contributed by atoms with Crippen molar-refractivity contribution in [2.75, 3.05) is 5.32 Å². The van der Waals surface area contributed by atoms with Gasteiger partial charge in [0, 0.05) is 25.6 Å². The van der Waals surface area contributed by atoms with E-state index < -0.39 is 0 Å². The molecule has 0 amide bonds. The van der Waals surface area contributed by atoms with Gasteiger partial charge in [0.2, 0.25) is 5.95 Å². The Morgan fingerprint density at radius 3 is 3.00 bits per heavy atom. The summed E-state index contributed by atoms with van der Waals surface area (Å²) in [5.41, 5.74) is 0.899. The summed E-state index contributed by atoms with van der Waals surface area (Å²) in [5, 5.41) is 10.9. The molecule has 2 aromatic rings. The maximum absolute atomic E-state index is 4.13. The summed E-state index contributed by atoms with van der Waals surface area (Å²) < 4.78 is 1.91. The van der Waals surface area contributed by atoms with Crippen molar-refractivity contribution >= 4 is 5.95 Å². The molecule has 0 unspecified atom stereocenters. The average molecular weight is 189 g/mol. The quantitative estimate of drug-likeness (QED) is 0.776. The lowest BCUT2D eigenvalue weighted by atomic mass is 10.4. The van der Waals surface area contributed by atoms with Crippen LogP contribution in [0, 0.1) is 0 Å². The van der Waals surface area contributed by atoms with E-state index in [1.165, 1.54) is 0 Å². The predicted octanol–water partition coefficient (Wildman–Crippen LogP) is 0.822. The molecular weight excluding hydrogens is 178 g/mol. The molecule has 0 spiro atoms. The molecule has 2 aromatic heterocycles. The molecule has 5 nitrogen and oxygen atoms in total. The molecule has 1 N–H and O–H groups in total. The van der Waals surface area contributed by atoms with Crippen LogP contribution in [0.25, 0.3) is 0 Å². The van der Waals surface area contributed by atoms with Crippen LogP contribution in [0.15, 0.2) is 30.7 Å². The van der Waals surface area contributed by atoms with Gasteiger partial charge < -0.3 is 9.88 Å². The molecule has 72 valence electrons. The van der Waals surface area contributed by atoms with Crippen molar-refractivity contribution in [3.63, 3.8) is 0 Å². The van der Waals surface area contributed by atoms with Crippen LogP contribution in [0.5, 0.6) is 0 Å². The number of hydrogen-bond donors (Lipinski definition) is 1. The van der Waals surface area contributed by atoms with Crippen molar-refractivity contribution in [1.29, 1.82) is 0 Å². The van der Waals surface area contributed by atoms with Gasteiger partial charge in [-0.15, -0.1) is 0 Å². The zero-order chi connectivity index (χ0) is 9.80. The highest BCUT2D eigenvalue weighted by Crippen LogP contribution is 2.02.